The highest BCUT2D eigenvalue weighted by molar-refractivity contribution is 6.03. The minimum Gasteiger partial charge on any atom is -0.459 e. The van der Waals surface area contributed by atoms with Crippen LogP contribution in [-0.2, 0) is 20.9 Å². The van der Waals surface area contributed by atoms with Crippen LogP contribution in [0.15, 0.2) is 120 Å². The SMILES string of the molecule is C=CCOC12Oc3ccc(Oc4cccc([N+](=O)[O-])c4)cc3C3C(CCCCO)C(CCCCO)C=C(C(=NOC(C)(C)C)CC1N(Cc1ccc4c(c1)OCO4)C(=O)C=Cc1ccc([N+](=O)[O-])cc1)C32. The van der Waals surface area contributed by atoms with Crippen molar-refractivity contribution in [3.63, 3.8) is 0 Å². The molecule has 1 amide bonds. The summed E-state index contributed by atoms with van der Waals surface area (Å²) in [6.07, 6.45) is 11.1. The van der Waals surface area contributed by atoms with Crippen molar-refractivity contribution in [3.8, 4) is 28.7 Å². The summed E-state index contributed by atoms with van der Waals surface area (Å²) in [6.45, 7) is 9.94. The third-order valence-corrected chi connectivity index (χ3v) is 13.3. The molecule has 0 aromatic heterocycles. The van der Waals surface area contributed by atoms with Gasteiger partial charge in [-0.05, 0) is 130 Å². The molecule has 6 atom stereocenters. The van der Waals surface area contributed by atoms with E-state index in [1.165, 1.54) is 30.3 Å². The number of nitro benzene ring substituents is 2. The molecule has 0 bridgehead atoms. The van der Waals surface area contributed by atoms with Crippen molar-refractivity contribution in [1.82, 2.24) is 4.90 Å². The van der Waals surface area contributed by atoms with E-state index in [1.54, 1.807) is 53.5 Å². The number of carbonyl (C=O) groups is 1. The van der Waals surface area contributed by atoms with E-state index in [0.717, 1.165) is 29.5 Å². The molecule has 1 fully saturated rings. The van der Waals surface area contributed by atoms with Crippen LogP contribution >= 0.6 is 0 Å². The minimum atomic E-state index is -1.61. The molecule has 0 radical (unpaired) electrons. The van der Waals surface area contributed by atoms with Gasteiger partial charge < -0.3 is 43.6 Å². The van der Waals surface area contributed by atoms with E-state index in [1.807, 2.05) is 45.0 Å². The summed E-state index contributed by atoms with van der Waals surface area (Å²) >= 11 is 0. The molecule has 71 heavy (non-hydrogen) atoms. The first-order chi connectivity index (χ1) is 34.2. The Labute approximate surface area is 412 Å². The number of allylic oxidation sites excluding steroid dienone is 1. The topological polar surface area (TPSA) is 215 Å². The van der Waals surface area contributed by atoms with E-state index in [0.29, 0.717) is 60.0 Å². The molecule has 374 valence electrons. The normalized spacial score (nSPS) is 22.5. The number of aliphatic hydroxyl groups excluding tert-OH is 2. The highest BCUT2D eigenvalue weighted by atomic mass is 16.7. The molecule has 8 rings (SSSR count). The molecule has 17 nitrogen and oxygen atoms in total. The van der Waals surface area contributed by atoms with Gasteiger partial charge in [-0.15, -0.1) is 6.58 Å². The Morgan fingerprint density at radius 2 is 1.61 bits per heavy atom. The van der Waals surface area contributed by atoms with Crippen molar-refractivity contribution in [2.45, 2.75) is 95.6 Å². The van der Waals surface area contributed by atoms with E-state index in [2.05, 4.69) is 12.7 Å². The maximum atomic E-state index is 15.3. The fourth-order valence-corrected chi connectivity index (χ4v) is 10.2. The molecule has 2 aliphatic carbocycles. The summed E-state index contributed by atoms with van der Waals surface area (Å²) < 4.78 is 32.4. The number of hydrogen-bond donors (Lipinski definition) is 2. The van der Waals surface area contributed by atoms with Gasteiger partial charge in [-0.25, -0.2) is 0 Å². The molecule has 4 aromatic rings. The van der Waals surface area contributed by atoms with Gasteiger partial charge in [0.2, 0.25) is 18.5 Å². The van der Waals surface area contributed by atoms with Gasteiger partial charge in [0, 0.05) is 61.9 Å². The summed E-state index contributed by atoms with van der Waals surface area (Å²) in [5, 5.41) is 48.2. The number of carbonyl (C=O) groups excluding carboxylic acids is 1. The van der Waals surface area contributed by atoms with Gasteiger partial charge in [0.15, 0.2) is 11.5 Å². The Bertz CT molecular complexity index is 2700. The van der Waals surface area contributed by atoms with Gasteiger partial charge in [-0.3, -0.25) is 25.0 Å². The van der Waals surface area contributed by atoms with Crippen molar-refractivity contribution in [1.29, 1.82) is 0 Å². The summed E-state index contributed by atoms with van der Waals surface area (Å²) in [5.41, 5.74) is 2.60. The number of ether oxygens (including phenoxy) is 5. The number of hydrogen-bond acceptors (Lipinski definition) is 14. The van der Waals surface area contributed by atoms with Crippen LogP contribution in [-0.4, -0.2) is 80.6 Å². The van der Waals surface area contributed by atoms with Crippen molar-refractivity contribution in [2.75, 3.05) is 26.6 Å². The number of benzene rings is 4. The first-order valence-corrected chi connectivity index (χ1v) is 24.0. The molecular weight excluding hydrogens is 913 g/mol. The Balaban J connectivity index is 1.35. The Hall–Kier alpha value is -7.08. The fourth-order valence-electron chi connectivity index (χ4n) is 10.2. The highest BCUT2D eigenvalue weighted by Gasteiger charge is 2.65. The molecule has 0 saturated heterocycles. The number of non-ortho nitro benzene ring substituents is 2. The Morgan fingerprint density at radius 3 is 2.32 bits per heavy atom. The monoisotopic (exact) mass is 972 g/mol. The largest absolute Gasteiger partial charge is 0.459 e. The molecule has 0 spiro atoms. The van der Waals surface area contributed by atoms with Crippen LogP contribution in [0.3, 0.4) is 0 Å². The molecule has 2 heterocycles. The molecule has 4 aliphatic rings. The van der Waals surface area contributed by atoms with Gasteiger partial charge in [0.25, 0.3) is 11.4 Å². The number of unbranched alkanes of at least 4 members (excludes halogenated alkanes) is 2. The third kappa shape index (κ3) is 11.3. The van der Waals surface area contributed by atoms with E-state index in [4.69, 9.17) is 33.7 Å². The minimum absolute atomic E-state index is 0.0116. The highest BCUT2D eigenvalue weighted by Crippen LogP contribution is 2.62. The summed E-state index contributed by atoms with van der Waals surface area (Å²) in [5.74, 6) is -0.939. The molecular formula is C54H60N4O13. The second kappa shape index (κ2) is 21.9. The fraction of sp³-hybridized carbons (Fsp3) is 0.407. The van der Waals surface area contributed by atoms with Crippen molar-refractivity contribution < 1.29 is 53.4 Å². The molecule has 17 heteroatoms. The van der Waals surface area contributed by atoms with Crippen LogP contribution in [0.4, 0.5) is 11.4 Å². The average Bonchev–Trinajstić information content (AvgIpc) is 3.83. The number of fused-ring (bicyclic) bond motifs is 3. The smallest absolute Gasteiger partial charge is 0.273 e. The van der Waals surface area contributed by atoms with Gasteiger partial charge in [0.1, 0.15) is 28.9 Å². The van der Waals surface area contributed by atoms with Gasteiger partial charge in [-0.1, -0.05) is 42.3 Å². The summed E-state index contributed by atoms with van der Waals surface area (Å²) in [4.78, 5) is 45.6. The van der Waals surface area contributed by atoms with Gasteiger partial charge >= 0.3 is 0 Å². The second-order valence-corrected chi connectivity index (χ2v) is 19.2. The van der Waals surface area contributed by atoms with Gasteiger partial charge in [-0.2, -0.15) is 0 Å². The van der Waals surface area contributed by atoms with E-state index >= 15 is 4.79 Å². The zero-order chi connectivity index (χ0) is 50.3. The third-order valence-electron chi connectivity index (χ3n) is 13.3. The van der Waals surface area contributed by atoms with Crippen LogP contribution in [0.25, 0.3) is 6.08 Å². The molecule has 6 unspecified atom stereocenters. The van der Waals surface area contributed by atoms with Crippen LogP contribution < -0.4 is 18.9 Å². The predicted molar refractivity (Wildman–Crippen MR) is 264 cm³/mol. The van der Waals surface area contributed by atoms with Crippen molar-refractivity contribution in [3.05, 3.63) is 152 Å². The van der Waals surface area contributed by atoms with Gasteiger partial charge in [0.05, 0.1) is 34.1 Å². The number of oxime groups is 1. The molecule has 2 aliphatic heterocycles. The first-order valence-electron chi connectivity index (χ1n) is 24.0. The molecule has 2 N–H and O–H groups in total. The van der Waals surface area contributed by atoms with Crippen LogP contribution in [0.2, 0.25) is 0 Å². The maximum Gasteiger partial charge on any atom is 0.273 e. The quantitative estimate of drug-likeness (QED) is 0.0262. The summed E-state index contributed by atoms with van der Waals surface area (Å²) in [6, 6.07) is 21.9. The second-order valence-electron chi connectivity index (χ2n) is 19.2. The van der Waals surface area contributed by atoms with Crippen molar-refractivity contribution in [2.24, 2.45) is 22.9 Å². The van der Waals surface area contributed by atoms with Crippen LogP contribution in [0.5, 0.6) is 28.7 Å². The van der Waals surface area contributed by atoms with Crippen molar-refractivity contribution >= 4 is 29.1 Å². The summed E-state index contributed by atoms with van der Waals surface area (Å²) in [7, 11) is 0. The molecule has 1 saturated carbocycles. The first kappa shape index (κ1) is 50.3. The van der Waals surface area contributed by atoms with E-state index in [9.17, 15) is 30.4 Å². The molecule has 4 aromatic carbocycles. The van der Waals surface area contributed by atoms with E-state index in [-0.39, 0.29) is 68.5 Å². The lowest BCUT2D eigenvalue weighted by Gasteiger charge is -2.60. The standard InChI is InChI=1S/C54H60N4O13/c1-5-27-68-54-49(56(33-36-17-22-47-48(28-36)67-34-66-47)50(61)24-18-35-15-19-38(20-16-35)57(62)63)32-45(55-71-53(2,3)4)43-29-37(11-6-8-25-59)42(14-7-9-26-60)51(52(43)54)44-31-41(21-23-46(44)70-54)69-40-13-10-12-39(30-40)58(64)65/h5,10,12-13,15-24,28-31,37,42,49,51-52,59-60H,1,6-9,11,14,25-27,32-34H2,2-4H3. The number of nitro groups is 2. The zero-order valence-electron chi connectivity index (χ0n) is 40.1. The van der Waals surface area contributed by atoms with Crippen LogP contribution in [0.1, 0.15) is 88.3 Å². The predicted octanol–water partition coefficient (Wildman–Crippen LogP) is 10.2. The number of aliphatic hydroxyl groups is 2. The maximum absolute atomic E-state index is 15.3. The number of nitrogens with zero attached hydrogens (tertiary/aromatic N) is 4. The number of amides is 1. The van der Waals surface area contributed by atoms with Crippen LogP contribution in [0, 0.1) is 38.0 Å². The lowest BCUT2D eigenvalue weighted by molar-refractivity contribution is -0.385. The Morgan fingerprint density at radius 1 is 0.887 bits per heavy atom. The van der Waals surface area contributed by atoms with E-state index < -0.39 is 45.0 Å². The number of rotatable bonds is 21. The zero-order valence-corrected chi connectivity index (χ0v) is 40.1. The average molecular weight is 973 g/mol. The Kier molecular flexibility index (Phi) is 15.5. The lowest BCUT2D eigenvalue weighted by atomic mass is 9.55. The lowest BCUT2D eigenvalue weighted by Crippen LogP contribution is -2.70.